The summed E-state index contributed by atoms with van der Waals surface area (Å²) in [6.07, 6.45) is 0.377. The fourth-order valence-electron chi connectivity index (χ4n) is 1.60. The summed E-state index contributed by atoms with van der Waals surface area (Å²) in [7, 11) is 0. The second-order valence-electron chi connectivity index (χ2n) is 3.64. The highest BCUT2D eigenvalue weighted by atomic mass is 16.4. The highest BCUT2D eigenvalue weighted by Gasteiger charge is 2.07. The van der Waals surface area contributed by atoms with E-state index in [0.29, 0.717) is 12.0 Å². The van der Waals surface area contributed by atoms with Crippen LogP contribution in [0.4, 0.5) is 0 Å². The summed E-state index contributed by atoms with van der Waals surface area (Å²) in [5.74, 6) is -0.650. The summed E-state index contributed by atoms with van der Waals surface area (Å²) in [6.45, 7) is 0. The number of fused-ring (bicyclic) bond motifs is 1. The van der Waals surface area contributed by atoms with Crippen LogP contribution in [0.25, 0.3) is 11.0 Å². The number of rotatable bonds is 2. The first-order chi connectivity index (χ1) is 8.22. The molecule has 1 heterocycles. The second kappa shape index (κ2) is 4.51. The van der Waals surface area contributed by atoms with Crippen LogP contribution >= 0.6 is 0 Å². The van der Waals surface area contributed by atoms with Crippen molar-refractivity contribution in [1.82, 2.24) is 0 Å². The minimum absolute atomic E-state index is 0.377. The van der Waals surface area contributed by atoms with Gasteiger partial charge in [0, 0.05) is 17.9 Å². The molecular weight excluding hydrogens is 216 g/mol. The van der Waals surface area contributed by atoms with Crippen molar-refractivity contribution in [3.63, 3.8) is 0 Å². The summed E-state index contributed by atoms with van der Waals surface area (Å²) in [5, 5.41) is 18.2. The average molecular weight is 224 g/mol. The first-order valence-electron chi connectivity index (χ1n) is 5.05. The third-order valence-corrected chi connectivity index (χ3v) is 2.44. The average Bonchev–Trinajstić information content (AvgIpc) is 2.36. The summed E-state index contributed by atoms with van der Waals surface area (Å²) >= 11 is 0. The van der Waals surface area contributed by atoms with Gasteiger partial charge >= 0.3 is 5.63 Å². The molecule has 0 radical (unpaired) electrons. The summed E-state index contributed by atoms with van der Waals surface area (Å²) in [6, 6.07) is 12.1. The van der Waals surface area contributed by atoms with Crippen LogP contribution in [0.15, 0.2) is 39.5 Å². The zero-order valence-electron chi connectivity index (χ0n) is 8.88. The summed E-state index contributed by atoms with van der Waals surface area (Å²) in [5.41, 5.74) is 0.989. The van der Waals surface area contributed by atoms with Crippen LogP contribution in [0.2, 0.25) is 0 Å². The van der Waals surface area contributed by atoms with Crippen LogP contribution in [0.1, 0.15) is 5.56 Å². The van der Waals surface area contributed by atoms with Gasteiger partial charge < -0.3 is 4.42 Å². The third kappa shape index (κ3) is 2.32. The minimum Gasteiger partial charge on any atom is -0.423 e. The molecule has 0 saturated heterocycles. The molecule has 0 atom stereocenters. The Morgan fingerprint density at radius 1 is 1.18 bits per heavy atom. The number of hydrogen-bond acceptors (Lipinski definition) is 4. The molecule has 0 saturated carbocycles. The van der Waals surface area contributed by atoms with Gasteiger partial charge in [0.1, 0.15) is 11.5 Å². The molecule has 0 aliphatic heterocycles. The molecule has 0 N–H and O–H groups in total. The molecule has 0 aliphatic carbocycles. The number of nitrogens with zero attached hydrogens (tertiary/aromatic N) is 2. The molecule has 4 nitrogen and oxygen atoms in total. The molecule has 82 valence electrons. The third-order valence-electron chi connectivity index (χ3n) is 2.44. The highest BCUT2D eigenvalue weighted by molar-refractivity contribution is 5.76. The lowest BCUT2D eigenvalue weighted by molar-refractivity contribution is 0.561. The fourth-order valence-corrected chi connectivity index (χ4v) is 1.60. The van der Waals surface area contributed by atoms with Gasteiger partial charge in [0.05, 0.1) is 12.1 Å². The molecule has 0 aliphatic rings. The highest BCUT2D eigenvalue weighted by Crippen LogP contribution is 2.16. The maximum atomic E-state index is 11.0. The van der Waals surface area contributed by atoms with Gasteiger partial charge in [0.2, 0.25) is 0 Å². The topological polar surface area (TPSA) is 77.8 Å². The quantitative estimate of drug-likeness (QED) is 0.731. The first kappa shape index (κ1) is 10.9. The van der Waals surface area contributed by atoms with E-state index >= 15 is 0 Å². The monoisotopic (exact) mass is 224 g/mol. The lowest BCUT2D eigenvalue weighted by atomic mass is 10.0. The van der Waals surface area contributed by atoms with E-state index in [1.165, 1.54) is 6.07 Å². The Bertz CT molecular complexity index is 675. The van der Waals surface area contributed by atoms with Crippen LogP contribution in [-0.2, 0) is 6.42 Å². The lowest BCUT2D eigenvalue weighted by Gasteiger charge is -2.02. The predicted molar refractivity (Wildman–Crippen MR) is 60.9 cm³/mol. The van der Waals surface area contributed by atoms with Crippen molar-refractivity contribution < 1.29 is 4.42 Å². The summed E-state index contributed by atoms with van der Waals surface area (Å²) < 4.78 is 4.99. The number of nitriles is 2. The first-order valence-corrected chi connectivity index (χ1v) is 5.05. The van der Waals surface area contributed by atoms with Crippen LogP contribution in [0.5, 0.6) is 0 Å². The van der Waals surface area contributed by atoms with Gasteiger partial charge in [-0.3, -0.25) is 0 Å². The van der Waals surface area contributed by atoms with Gasteiger partial charge in [-0.05, 0) is 23.8 Å². The van der Waals surface area contributed by atoms with Crippen molar-refractivity contribution >= 4 is 11.0 Å². The molecule has 1 aromatic heterocycles. The molecule has 0 bridgehead atoms. The van der Waals surface area contributed by atoms with E-state index in [9.17, 15) is 4.79 Å². The largest absolute Gasteiger partial charge is 0.423 e. The normalized spacial score (nSPS) is 10.1. The van der Waals surface area contributed by atoms with E-state index < -0.39 is 11.5 Å². The van der Waals surface area contributed by atoms with E-state index in [1.54, 1.807) is 18.2 Å². The maximum absolute atomic E-state index is 11.0. The van der Waals surface area contributed by atoms with E-state index in [1.807, 2.05) is 18.2 Å². The minimum atomic E-state index is -0.650. The van der Waals surface area contributed by atoms with Gasteiger partial charge in [0.25, 0.3) is 0 Å². The Morgan fingerprint density at radius 2 is 1.94 bits per heavy atom. The Morgan fingerprint density at radius 3 is 2.65 bits per heavy atom. The van der Waals surface area contributed by atoms with Crippen molar-refractivity contribution in [2.24, 2.45) is 5.92 Å². The van der Waals surface area contributed by atoms with Crippen LogP contribution in [0, 0.1) is 28.6 Å². The fraction of sp³-hybridized carbons (Fsp3) is 0.154. The van der Waals surface area contributed by atoms with Crippen LogP contribution in [0.3, 0.4) is 0 Å². The molecule has 0 spiro atoms. The molecule has 0 unspecified atom stereocenters. The van der Waals surface area contributed by atoms with Gasteiger partial charge in [-0.25, -0.2) is 4.79 Å². The zero-order chi connectivity index (χ0) is 12.3. The second-order valence-corrected chi connectivity index (χ2v) is 3.64. The van der Waals surface area contributed by atoms with Crippen molar-refractivity contribution in [3.05, 3.63) is 46.3 Å². The molecule has 2 aromatic rings. The molecule has 2 rings (SSSR count). The van der Waals surface area contributed by atoms with Gasteiger partial charge in [-0.1, -0.05) is 6.07 Å². The van der Waals surface area contributed by atoms with Crippen molar-refractivity contribution in [2.45, 2.75) is 6.42 Å². The van der Waals surface area contributed by atoms with Gasteiger partial charge in [0.15, 0.2) is 0 Å². The maximum Gasteiger partial charge on any atom is 0.336 e. The molecular formula is C13H8N2O2. The van der Waals surface area contributed by atoms with Crippen molar-refractivity contribution in [1.29, 1.82) is 10.5 Å². The van der Waals surface area contributed by atoms with Crippen LogP contribution < -0.4 is 5.63 Å². The Balaban J connectivity index is 2.40. The molecule has 17 heavy (non-hydrogen) atoms. The van der Waals surface area contributed by atoms with Gasteiger partial charge in [-0.2, -0.15) is 10.5 Å². The summed E-state index contributed by atoms with van der Waals surface area (Å²) in [4.78, 5) is 11.0. The molecule has 0 amide bonds. The van der Waals surface area contributed by atoms with E-state index in [-0.39, 0.29) is 0 Å². The number of benzene rings is 1. The smallest absolute Gasteiger partial charge is 0.336 e. The van der Waals surface area contributed by atoms with E-state index in [4.69, 9.17) is 14.9 Å². The number of hydrogen-bond donors (Lipinski definition) is 0. The molecule has 4 heteroatoms. The molecule has 1 aromatic carbocycles. The van der Waals surface area contributed by atoms with Crippen LogP contribution in [-0.4, -0.2) is 0 Å². The van der Waals surface area contributed by atoms with Crippen molar-refractivity contribution in [3.8, 4) is 12.1 Å². The SMILES string of the molecule is N#CC(C#N)Cc1ccc2oc(=O)ccc2c1. The van der Waals surface area contributed by atoms with E-state index in [0.717, 1.165) is 10.9 Å². The van der Waals surface area contributed by atoms with Gasteiger partial charge in [-0.15, -0.1) is 0 Å². The predicted octanol–water partition coefficient (Wildman–Crippen LogP) is 2.00. The Hall–Kier alpha value is -2.59. The lowest BCUT2D eigenvalue weighted by Crippen LogP contribution is -1.99. The zero-order valence-corrected chi connectivity index (χ0v) is 8.88. The molecule has 0 fully saturated rings. The Labute approximate surface area is 97.3 Å². The van der Waals surface area contributed by atoms with E-state index in [2.05, 4.69) is 0 Å². The Kier molecular flexibility index (Phi) is 2.89. The van der Waals surface area contributed by atoms with Crippen molar-refractivity contribution in [2.75, 3.05) is 0 Å². The standard InChI is InChI=1S/C13H8N2O2/c14-7-10(8-15)5-9-1-3-12-11(6-9)2-4-13(16)17-12/h1-4,6,10H,5H2.